The van der Waals surface area contributed by atoms with E-state index in [0.717, 1.165) is 41.6 Å². The van der Waals surface area contributed by atoms with Crippen LogP contribution >= 0.6 is 0 Å². The SMILES string of the molecule is O=C(NCCc1cccnc1)c1nc2ccccc2nc1C1CC1. The monoisotopic (exact) mass is 318 g/mol. The molecule has 0 unspecified atom stereocenters. The lowest BCUT2D eigenvalue weighted by Gasteiger charge is -2.10. The molecule has 3 aromatic rings. The van der Waals surface area contributed by atoms with Crippen molar-refractivity contribution in [1.29, 1.82) is 0 Å². The van der Waals surface area contributed by atoms with Crippen LogP contribution in [0.15, 0.2) is 48.8 Å². The number of aromatic nitrogens is 3. The fourth-order valence-electron chi connectivity index (χ4n) is 2.77. The van der Waals surface area contributed by atoms with Gasteiger partial charge in [0.2, 0.25) is 0 Å². The summed E-state index contributed by atoms with van der Waals surface area (Å²) in [6.07, 6.45) is 6.48. The number of benzene rings is 1. The molecular weight excluding hydrogens is 300 g/mol. The highest BCUT2D eigenvalue weighted by atomic mass is 16.1. The Morgan fingerprint density at radius 1 is 1.08 bits per heavy atom. The molecule has 1 aromatic carbocycles. The summed E-state index contributed by atoms with van der Waals surface area (Å²) in [4.78, 5) is 26.0. The molecule has 0 radical (unpaired) electrons. The summed E-state index contributed by atoms with van der Waals surface area (Å²) in [5.74, 6) is 0.236. The van der Waals surface area contributed by atoms with Gasteiger partial charge in [-0.1, -0.05) is 18.2 Å². The van der Waals surface area contributed by atoms with E-state index in [9.17, 15) is 4.79 Å². The fourth-order valence-corrected chi connectivity index (χ4v) is 2.77. The van der Waals surface area contributed by atoms with Crippen LogP contribution in [-0.4, -0.2) is 27.4 Å². The van der Waals surface area contributed by atoms with Crippen LogP contribution in [0.25, 0.3) is 11.0 Å². The van der Waals surface area contributed by atoms with Gasteiger partial charge < -0.3 is 5.32 Å². The molecule has 0 bridgehead atoms. The first-order valence-electron chi connectivity index (χ1n) is 8.25. The minimum Gasteiger partial charge on any atom is -0.350 e. The van der Waals surface area contributed by atoms with E-state index in [1.165, 1.54) is 0 Å². The summed E-state index contributed by atoms with van der Waals surface area (Å²) in [6, 6.07) is 11.6. The van der Waals surface area contributed by atoms with Gasteiger partial charge in [0.15, 0.2) is 5.69 Å². The molecule has 2 aromatic heterocycles. The van der Waals surface area contributed by atoms with Gasteiger partial charge in [-0.25, -0.2) is 9.97 Å². The average Bonchev–Trinajstić information content (AvgIpc) is 3.46. The first-order chi connectivity index (χ1) is 11.8. The van der Waals surface area contributed by atoms with Crippen LogP contribution in [0.3, 0.4) is 0 Å². The molecule has 1 fully saturated rings. The quantitative estimate of drug-likeness (QED) is 0.785. The lowest BCUT2D eigenvalue weighted by molar-refractivity contribution is 0.0948. The molecule has 5 heteroatoms. The molecule has 0 atom stereocenters. The van der Waals surface area contributed by atoms with Gasteiger partial charge in [0.05, 0.1) is 16.7 Å². The molecule has 1 aliphatic rings. The molecule has 1 N–H and O–H groups in total. The molecule has 0 saturated heterocycles. The van der Waals surface area contributed by atoms with Crippen molar-refractivity contribution >= 4 is 16.9 Å². The van der Waals surface area contributed by atoms with Gasteiger partial charge in [0.1, 0.15) is 0 Å². The topological polar surface area (TPSA) is 67.8 Å². The Balaban J connectivity index is 1.53. The van der Waals surface area contributed by atoms with Crippen LogP contribution in [0.1, 0.15) is 40.5 Å². The Labute approximate surface area is 140 Å². The van der Waals surface area contributed by atoms with Crippen molar-refractivity contribution in [1.82, 2.24) is 20.3 Å². The van der Waals surface area contributed by atoms with Crippen LogP contribution in [0.2, 0.25) is 0 Å². The van der Waals surface area contributed by atoms with Gasteiger partial charge in [-0.2, -0.15) is 0 Å². The predicted octanol–water partition coefficient (Wildman–Crippen LogP) is 2.87. The van der Waals surface area contributed by atoms with E-state index in [-0.39, 0.29) is 5.91 Å². The first kappa shape index (κ1) is 14.8. The number of nitrogens with zero attached hydrogens (tertiary/aromatic N) is 3. The molecule has 5 nitrogen and oxygen atoms in total. The van der Waals surface area contributed by atoms with E-state index < -0.39 is 0 Å². The summed E-state index contributed by atoms with van der Waals surface area (Å²) < 4.78 is 0. The highest BCUT2D eigenvalue weighted by molar-refractivity contribution is 5.95. The maximum atomic E-state index is 12.6. The molecule has 24 heavy (non-hydrogen) atoms. The highest BCUT2D eigenvalue weighted by Gasteiger charge is 2.31. The predicted molar refractivity (Wildman–Crippen MR) is 91.8 cm³/mol. The third kappa shape index (κ3) is 3.11. The summed E-state index contributed by atoms with van der Waals surface area (Å²) in [6.45, 7) is 0.559. The van der Waals surface area contributed by atoms with E-state index in [1.54, 1.807) is 6.20 Å². The summed E-state index contributed by atoms with van der Waals surface area (Å²) in [7, 11) is 0. The van der Waals surface area contributed by atoms with E-state index in [0.29, 0.717) is 18.2 Å². The fraction of sp³-hybridized carbons (Fsp3) is 0.263. The van der Waals surface area contributed by atoms with E-state index >= 15 is 0 Å². The van der Waals surface area contributed by atoms with E-state index in [4.69, 9.17) is 4.98 Å². The zero-order valence-corrected chi connectivity index (χ0v) is 13.3. The first-order valence-corrected chi connectivity index (χ1v) is 8.25. The number of carbonyl (C=O) groups excluding carboxylic acids is 1. The number of amides is 1. The number of pyridine rings is 1. The van der Waals surface area contributed by atoms with Gasteiger partial charge in [-0.15, -0.1) is 0 Å². The van der Waals surface area contributed by atoms with Crippen LogP contribution < -0.4 is 5.32 Å². The summed E-state index contributed by atoms with van der Waals surface area (Å²) >= 11 is 0. The Morgan fingerprint density at radius 2 is 1.88 bits per heavy atom. The average molecular weight is 318 g/mol. The standard InChI is InChI=1S/C19H18N4O/c24-19(21-11-9-13-4-3-10-20-12-13)18-17(14-7-8-14)22-15-5-1-2-6-16(15)23-18/h1-6,10,12,14H,7-9,11H2,(H,21,24). The highest BCUT2D eigenvalue weighted by Crippen LogP contribution is 2.40. The van der Waals surface area contributed by atoms with Crippen molar-refractivity contribution in [2.75, 3.05) is 6.54 Å². The summed E-state index contributed by atoms with van der Waals surface area (Å²) in [5, 5.41) is 2.97. The Morgan fingerprint density at radius 3 is 2.58 bits per heavy atom. The maximum Gasteiger partial charge on any atom is 0.271 e. The molecule has 1 aliphatic carbocycles. The molecule has 0 spiro atoms. The smallest absolute Gasteiger partial charge is 0.271 e. The second-order valence-electron chi connectivity index (χ2n) is 6.09. The number of rotatable bonds is 5. The van der Waals surface area contributed by atoms with Crippen molar-refractivity contribution in [2.45, 2.75) is 25.2 Å². The van der Waals surface area contributed by atoms with Crippen LogP contribution in [0.4, 0.5) is 0 Å². The molecule has 1 saturated carbocycles. The zero-order valence-electron chi connectivity index (χ0n) is 13.3. The lowest BCUT2D eigenvalue weighted by atomic mass is 10.1. The largest absolute Gasteiger partial charge is 0.350 e. The number of hydrogen-bond donors (Lipinski definition) is 1. The molecule has 4 rings (SSSR count). The minimum atomic E-state index is -0.140. The second kappa shape index (κ2) is 6.35. The Hall–Kier alpha value is -2.82. The van der Waals surface area contributed by atoms with Gasteiger partial charge >= 0.3 is 0 Å². The normalized spacial score (nSPS) is 13.8. The Kier molecular flexibility index (Phi) is 3.91. The van der Waals surface area contributed by atoms with Crippen molar-refractivity contribution in [3.63, 3.8) is 0 Å². The van der Waals surface area contributed by atoms with Crippen molar-refractivity contribution < 1.29 is 4.79 Å². The van der Waals surface area contributed by atoms with Gasteiger partial charge in [-0.05, 0) is 43.0 Å². The van der Waals surface area contributed by atoms with Gasteiger partial charge in [0, 0.05) is 24.9 Å². The number of para-hydroxylation sites is 2. The number of carbonyl (C=O) groups is 1. The number of nitrogens with one attached hydrogen (secondary N) is 1. The zero-order chi connectivity index (χ0) is 16.4. The van der Waals surface area contributed by atoms with Gasteiger partial charge in [0.25, 0.3) is 5.91 Å². The summed E-state index contributed by atoms with van der Waals surface area (Å²) in [5.41, 5.74) is 4.03. The third-order valence-electron chi connectivity index (χ3n) is 4.20. The molecular formula is C19H18N4O. The van der Waals surface area contributed by atoms with E-state index in [1.807, 2.05) is 42.6 Å². The van der Waals surface area contributed by atoms with Crippen molar-refractivity contribution in [3.05, 3.63) is 65.7 Å². The maximum absolute atomic E-state index is 12.6. The number of hydrogen-bond acceptors (Lipinski definition) is 4. The second-order valence-corrected chi connectivity index (χ2v) is 6.09. The lowest BCUT2D eigenvalue weighted by Crippen LogP contribution is -2.28. The molecule has 2 heterocycles. The third-order valence-corrected chi connectivity index (χ3v) is 4.20. The van der Waals surface area contributed by atoms with Crippen molar-refractivity contribution in [3.8, 4) is 0 Å². The molecule has 1 amide bonds. The molecule has 0 aliphatic heterocycles. The minimum absolute atomic E-state index is 0.140. The van der Waals surface area contributed by atoms with E-state index in [2.05, 4.69) is 15.3 Å². The Bertz CT molecular complexity index is 875. The van der Waals surface area contributed by atoms with Crippen LogP contribution in [-0.2, 0) is 6.42 Å². The van der Waals surface area contributed by atoms with Crippen molar-refractivity contribution in [2.24, 2.45) is 0 Å². The molecule has 120 valence electrons. The van der Waals surface area contributed by atoms with Crippen LogP contribution in [0.5, 0.6) is 0 Å². The van der Waals surface area contributed by atoms with Crippen LogP contribution in [0, 0.1) is 0 Å². The van der Waals surface area contributed by atoms with Gasteiger partial charge in [-0.3, -0.25) is 9.78 Å². The number of fused-ring (bicyclic) bond motifs is 1.